The van der Waals surface area contributed by atoms with Crippen LogP contribution in [0.15, 0.2) is 83.9 Å². The van der Waals surface area contributed by atoms with Crippen LogP contribution in [0.2, 0.25) is 0 Å². The Labute approximate surface area is 185 Å². The van der Waals surface area contributed by atoms with Crippen LogP contribution in [0.5, 0.6) is 0 Å². The first-order valence-corrected chi connectivity index (χ1v) is 10.2. The average molecular weight is 411 g/mol. The number of aromatic nitrogens is 1. The van der Waals surface area contributed by atoms with Crippen molar-refractivity contribution in [1.82, 2.24) is 4.57 Å². The minimum atomic E-state index is -0.864. The van der Waals surface area contributed by atoms with Crippen molar-refractivity contribution in [2.45, 2.75) is 12.5 Å². The summed E-state index contributed by atoms with van der Waals surface area (Å²) in [6.07, 6.45) is 3.36. The van der Waals surface area contributed by atoms with Crippen molar-refractivity contribution in [3.63, 3.8) is 0 Å². The van der Waals surface area contributed by atoms with Crippen LogP contribution in [-0.2, 0) is 5.54 Å². The van der Waals surface area contributed by atoms with Gasteiger partial charge >= 0.3 is 0 Å². The largest absolute Gasteiger partial charge is 0.309 e. The van der Waals surface area contributed by atoms with Crippen LogP contribution in [0.3, 0.4) is 0 Å². The molecule has 3 aromatic carbocycles. The van der Waals surface area contributed by atoms with Gasteiger partial charge in [-0.2, -0.15) is 15.8 Å². The van der Waals surface area contributed by atoms with Gasteiger partial charge in [0, 0.05) is 16.5 Å². The number of allylic oxidation sites excluding steroid dienone is 1. The molecule has 1 aromatic heterocycles. The zero-order valence-electron chi connectivity index (χ0n) is 17.3. The number of aliphatic imine (C=N–C) groups is 1. The lowest BCUT2D eigenvalue weighted by molar-refractivity contribution is 0.426. The van der Waals surface area contributed by atoms with Crippen LogP contribution < -0.4 is 0 Å². The number of rotatable bonds is 2. The predicted molar refractivity (Wildman–Crippen MR) is 124 cm³/mol. The first-order valence-electron chi connectivity index (χ1n) is 10.2. The number of hydrogen-bond acceptors (Lipinski definition) is 4. The molecule has 5 heteroatoms. The quantitative estimate of drug-likeness (QED) is 0.433. The predicted octanol–water partition coefficient (Wildman–Crippen LogP) is 5.54. The van der Waals surface area contributed by atoms with E-state index in [9.17, 15) is 15.8 Å². The molecule has 1 aliphatic rings. The van der Waals surface area contributed by atoms with Gasteiger partial charge in [0.2, 0.25) is 0 Å². The molecule has 0 bridgehead atoms. The lowest BCUT2D eigenvalue weighted by Crippen LogP contribution is -2.31. The van der Waals surface area contributed by atoms with Gasteiger partial charge in [-0.05, 0) is 55.0 Å². The summed E-state index contributed by atoms with van der Waals surface area (Å²) in [6.45, 7) is 1.89. The molecule has 0 spiro atoms. The van der Waals surface area contributed by atoms with Crippen LogP contribution in [0.25, 0.3) is 27.5 Å². The second-order valence-electron chi connectivity index (χ2n) is 7.97. The van der Waals surface area contributed by atoms with Gasteiger partial charge in [-0.3, -0.25) is 4.99 Å². The second kappa shape index (κ2) is 7.24. The molecule has 2 atom stereocenters. The van der Waals surface area contributed by atoms with Crippen molar-refractivity contribution in [3.05, 3.63) is 90.0 Å². The highest BCUT2D eigenvalue weighted by Gasteiger charge is 2.37. The minimum Gasteiger partial charge on any atom is -0.309 e. The molecule has 1 aliphatic heterocycles. The molecule has 5 rings (SSSR count). The standard InChI is InChI=1S/C27H17N5/c1-27(20(16-29)10-11-21(17-30)31-27)19-5-4-6-22(14-19)32-25-8-3-2-7-23(25)24-13-18(15-28)9-12-26(24)32/h2-14,20H,1H3. The monoisotopic (exact) mass is 411 g/mol. The number of nitrogens with zero attached hydrogens (tertiary/aromatic N) is 5. The number of fused-ring (bicyclic) bond motifs is 3. The summed E-state index contributed by atoms with van der Waals surface area (Å²) in [7, 11) is 0. The van der Waals surface area contributed by atoms with Crippen molar-refractivity contribution in [1.29, 1.82) is 15.8 Å². The van der Waals surface area contributed by atoms with Gasteiger partial charge in [-0.1, -0.05) is 36.4 Å². The molecule has 0 radical (unpaired) electrons. The van der Waals surface area contributed by atoms with Gasteiger partial charge in [-0.15, -0.1) is 0 Å². The summed E-state index contributed by atoms with van der Waals surface area (Å²) >= 11 is 0. The lowest BCUT2D eigenvalue weighted by Gasteiger charge is -2.31. The Morgan fingerprint density at radius 1 is 0.875 bits per heavy atom. The Hall–Kier alpha value is -4.66. The highest BCUT2D eigenvalue weighted by molar-refractivity contribution is 6.10. The van der Waals surface area contributed by atoms with Gasteiger partial charge < -0.3 is 4.57 Å². The number of benzene rings is 3. The van der Waals surface area contributed by atoms with Crippen LogP contribution in [0.1, 0.15) is 18.1 Å². The highest BCUT2D eigenvalue weighted by atomic mass is 15.0. The Bertz CT molecular complexity index is 1580. The summed E-state index contributed by atoms with van der Waals surface area (Å²) in [5.41, 5.74) is 3.88. The van der Waals surface area contributed by atoms with Crippen molar-refractivity contribution in [3.8, 4) is 23.9 Å². The topological polar surface area (TPSA) is 88.7 Å². The van der Waals surface area contributed by atoms with E-state index in [1.54, 1.807) is 12.2 Å². The van der Waals surface area contributed by atoms with Gasteiger partial charge in [0.25, 0.3) is 0 Å². The maximum atomic E-state index is 9.75. The van der Waals surface area contributed by atoms with Crippen LogP contribution in [-0.4, -0.2) is 10.3 Å². The van der Waals surface area contributed by atoms with Gasteiger partial charge in [0.1, 0.15) is 17.3 Å². The second-order valence-corrected chi connectivity index (χ2v) is 7.97. The van der Waals surface area contributed by atoms with E-state index in [0.29, 0.717) is 11.3 Å². The molecule has 150 valence electrons. The normalized spacial score (nSPS) is 19.8. The molecule has 0 aliphatic carbocycles. The summed E-state index contributed by atoms with van der Waals surface area (Å²) < 4.78 is 2.16. The third kappa shape index (κ3) is 2.79. The number of para-hydroxylation sites is 1. The van der Waals surface area contributed by atoms with E-state index in [1.165, 1.54) is 0 Å². The maximum Gasteiger partial charge on any atom is 0.135 e. The fourth-order valence-electron chi connectivity index (χ4n) is 4.49. The molecule has 0 N–H and O–H groups in total. The van der Waals surface area contributed by atoms with E-state index in [-0.39, 0.29) is 0 Å². The molecule has 2 heterocycles. The van der Waals surface area contributed by atoms with Crippen LogP contribution in [0.4, 0.5) is 0 Å². The molecular weight excluding hydrogens is 394 g/mol. The molecule has 5 nitrogen and oxygen atoms in total. The van der Waals surface area contributed by atoms with E-state index in [2.05, 4.69) is 39.9 Å². The molecule has 2 unspecified atom stereocenters. The fourth-order valence-corrected chi connectivity index (χ4v) is 4.49. The highest BCUT2D eigenvalue weighted by Crippen LogP contribution is 2.39. The average Bonchev–Trinajstić information content (AvgIpc) is 3.17. The van der Waals surface area contributed by atoms with Crippen molar-refractivity contribution < 1.29 is 0 Å². The van der Waals surface area contributed by atoms with E-state index >= 15 is 0 Å². The summed E-state index contributed by atoms with van der Waals surface area (Å²) in [4.78, 5) is 4.63. The zero-order chi connectivity index (χ0) is 22.3. The SMILES string of the molecule is CC1(c2cccc(-n3c4ccccc4c4cc(C#N)ccc43)c2)N=C(C#N)C=CC1C#N. The van der Waals surface area contributed by atoms with Crippen molar-refractivity contribution in [2.24, 2.45) is 10.9 Å². The smallest absolute Gasteiger partial charge is 0.135 e. The van der Waals surface area contributed by atoms with E-state index in [4.69, 9.17) is 0 Å². The molecular formula is C27H17N5. The van der Waals surface area contributed by atoms with Crippen LogP contribution in [0, 0.1) is 39.9 Å². The molecule has 0 amide bonds. The molecule has 32 heavy (non-hydrogen) atoms. The molecule has 0 saturated heterocycles. The van der Waals surface area contributed by atoms with E-state index < -0.39 is 11.5 Å². The van der Waals surface area contributed by atoms with Crippen molar-refractivity contribution in [2.75, 3.05) is 0 Å². The summed E-state index contributed by atoms with van der Waals surface area (Å²) in [5.74, 6) is -0.480. The van der Waals surface area contributed by atoms with E-state index in [1.807, 2.05) is 61.5 Å². The third-order valence-corrected chi connectivity index (χ3v) is 6.15. The zero-order valence-corrected chi connectivity index (χ0v) is 17.3. The molecule has 0 fully saturated rings. The van der Waals surface area contributed by atoms with Gasteiger partial charge in [0.15, 0.2) is 0 Å². The summed E-state index contributed by atoms with van der Waals surface area (Å²) in [5, 5.41) is 30.6. The number of nitriles is 3. The van der Waals surface area contributed by atoms with E-state index in [0.717, 1.165) is 33.1 Å². The Morgan fingerprint density at radius 2 is 1.69 bits per heavy atom. The third-order valence-electron chi connectivity index (χ3n) is 6.15. The molecule has 4 aromatic rings. The van der Waals surface area contributed by atoms with Gasteiger partial charge in [-0.25, -0.2) is 0 Å². The Morgan fingerprint density at radius 3 is 2.47 bits per heavy atom. The number of hydrogen-bond donors (Lipinski definition) is 0. The Kier molecular flexibility index (Phi) is 4.37. The lowest BCUT2D eigenvalue weighted by atomic mass is 9.78. The number of dihydropyridines is 1. The van der Waals surface area contributed by atoms with Gasteiger partial charge in [0.05, 0.1) is 34.7 Å². The first-order chi connectivity index (χ1) is 15.6. The molecule has 0 saturated carbocycles. The first kappa shape index (κ1) is 19.3. The summed E-state index contributed by atoms with van der Waals surface area (Å²) in [6, 6.07) is 28.4. The minimum absolute atomic E-state index is 0.310. The fraction of sp³-hybridized carbons (Fsp3) is 0.111. The Balaban J connectivity index is 1.77. The maximum absolute atomic E-state index is 9.75. The van der Waals surface area contributed by atoms with Crippen molar-refractivity contribution >= 4 is 27.5 Å². The van der Waals surface area contributed by atoms with Crippen LogP contribution >= 0.6 is 0 Å².